The van der Waals surface area contributed by atoms with Gasteiger partial charge in [0.15, 0.2) is 5.82 Å². The fraction of sp³-hybridized carbons (Fsp3) is 0.412. The highest BCUT2D eigenvalue weighted by atomic mass is 15.2. The quantitative estimate of drug-likeness (QED) is 0.884. The molecule has 1 fully saturated rings. The Labute approximate surface area is 126 Å². The first-order chi connectivity index (χ1) is 10.2. The molecule has 4 nitrogen and oxygen atoms in total. The standard InChI is InChI=1S/C17H22N4/c1-13-4-3-5-14(10-13)12-21(2)17-9-8-16(19-20-17)11-18-15-6-7-15/h3-5,8-10,15,18H,6-7,11-12H2,1-2H3. The fourth-order valence-corrected chi connectivity index (χ4v) is 2.35. The monoisotopic (exact) mass is 282 g/mol. The molecular formula is C17H22N4. The molecule has 0 unspecified atom stereocenters. The van der Waals surface area contributed by atoms with Crippen molar-refractivity contribution in [3.05, 3.63) is 53.2 Å². The van der Waals surface area contributed by atoms with Crippen LogP contribution in [-0.4, -0.2) is 23.3 Å². The highest BCUT2D eigenvalue weighted by molar-refractivity contribution is 5.38. The van der Waals surface area contributed by atoms with Crippen LogP contribution in [0.1, 0.15) is 29.7 Å². The number of hydrogen-bond acceptors (Lipinski definition) is 4. The van der Waals surface area contributed by atoms with Gasteiger partial charge in [0.05, 0.1) is 5.69 Å². The number of aromatic nitrogens is 2. The fourth-order valence-electron chi connectivity index (χ4n) is 2.35. The second kappa shape index (κ2) is 6.22. The van der Waals surface area contributed by atoms with E-state index < -0.39 is 0 Å². The van der Waals surface area contributed by atoms with E-state index in [1.165, 1.54) is 24.0 Å². The third kappa shape index (κ3) is 4.02. The third-order valence-corrected chi connectivity index (χ3v) is 3.75. The predicted molar refractivity (Wildman–Crippen MR) is 85.2 cm³/mol. The minimum Gasteiger partial charge on any atom is -0.354 e. The molecule has 21 heavy (non-hydrogen) atoms. The van der Waals surface area contributed by atoms with E-state index in [2.05, 4.69) is 64.7 Å². The molecule has 3 rings (SSSR count). The van der Waals surface area contributed by atoms with Gasteiger partial charge in [-0.1, -0.05) is 29.8 Å². The molecule has 1 saturated carbocycles. The van der Waals surface area contributed by atoms with Crippen molar-refractivity contribution in [3.63, 3.8) is 0 Å². The molecule has 0 aliphatic heterocycles. The summed E-state index contributed by atoms with van der Waals surface area (Å²) in [5.41, 5.74) is 3.59. The topological polar surface area (TPSA) is 41.0 Å². The molecule has 1 aliphatic rings. The van der Waals surface area contributed by atoms with Crippen molar-refractivity contribution in [1.82, 2.24) is 15.5 Å². The second-order valence-corrected chi connectivity index (χ2v) is 5.88. The van der Waals surface area contributed by atoms with Crippen molar-refractivity contribution in [2.24, 2.45) is 0 Å². The molecule has 1 aromatic heterocycles. The van der Waals surface area contributed by atoms with Crippen LogP contribution in [-0.2, 0) is 13.1 Å². The molecule has 110 valence electrons. The lowest BCUT2D eigenvalue weighted by molar-refractivity contribution is 0.664. The number of rotatable bonds is 6. The molecule has 0 saturated heterocycles. The van der Waals surface area contributed by atoms with Gasteiger partial charge in [0.1, 0.15) is 0 Å². The highest BCUT2D eigenvalue weighted by Gasteiger charge is 2.20. The minimum absolute atomic E-state index is 0.704. The van der Waals surface area contributed by atoms with Crippen LogP contribution in [0.5, 0.6) is 0 Å². The van der Waals surface area contributed by atoms with Gasteiger partial charge >= 0.3 is 0 Å². The molecule has 2 aromatic rings. The Morgan fingerprint density at radius 3 is 2.71 bits per heavy atom. The summed E-state index contributed by atoms with van der Waals surface area (Å²) in [7, 11) is 2.05. The van der Waals surface area contributed by atoms with E-state index >= 15 is 0 Å². The number of hydrogen-bond donors (Lipinski definition) is 1. The van der Waals surface area contributed by atoms with E-state index in [4.69, 9.17) is 0 Å². The summed E-state index contributed by atoms with van der Waals surface area (Å²) in [6.07, 6.45) is 2.59. The Kier molecular flexibility index (Phi) is 4.15. The number of aryl methyl sites for hydroxylation is 1. The largest absolute Gasteiger partial charge is 0.354 e. The lowest BCUT2D eigenvalue weighted by atomic mass is 10.1. The lowest BCUT2D eigenvalue weighted by Crippen LogP contribution is -2.20. The first-order valence-corrected chi connectivity index (χ1v) is 7.53. The van der Waals surface area contributed by atoms with Crippen molar-refractivity contribution in [2.75, 3.05) is 11.9 Å². The summed E-state index contributed by atoms with van der Waals surface area (Å²) in [5.74, 6) is 0.909. The Hall–Kier alpha value is -1.94. The molecule has 0 amide bonds. The van der Waals surface area contributed by atoms with E-state index in [1.54, 1.807) is 0 Å². The van der Waals surface area contributed by atoms with E-state index in [0.29, 0.717) is 6.04 Å². The minimum atomic E-state index is 0.704. The smallest absolute Gasteiger partial charge is 0.151 e. The van der Waals surface area contributed by atoms with Crippen LogP contribution >= 0.6 is 0 Å². The Morgan fingerprint density at radius 2 is 2.05 bits per heavy atom. The molecule has 1 aromatic carbocycles. The van der Waals surface area contributed by atoms with E-state index in [0.717, 1.165) is 24.6 Å². The van der Waals surface area contributed by atoms with Gasteiger partial charge in [-0.3, -0.25) is 0 Å². The van der Waals surface area contributed by atoms with Crippen LogP contribution in [0.2, 0.25) is 0 Å². The van der Waals surface area contributed by atoms with Crippen molar-refractivity contribution >= 4 is 5.82 Å². The Bertz CT molecular complexity index is 590. The van der Waals surface area contributed by atoms with Crippen LogP contribution in [0.15, 0.2) is 36.4 Å². The zero-order valence-electron chi connectivity index (χ0n) is 12.7. The van der Waals surface area contributed by atoms with Crippen molar-refractivity contribution < 1.29 is 0 Å². The third-order valence-electron chi connectivity index (χ3n) is 3.75. The summed E-state index contributed by atoms with van der Waals surface area (Å²) in [6, 6.07) is 13.4. The number of anilines is 1. The first kappa shape index (κ1) is 14.0. The van der Waals surface area contributed by atoms with Crippen LogP contribution in [0.4, 0.5) is 5.82 Å². The summed E-state index contributed by atoms with van der Waals surface area (Å²) >= 11 is 0. The van der Waals surface area contributed by atoms with Crippen molar-refractivity contribution in [2.45, 2.75) is 38.9 Å². The molecule has 1 N–H and O–H groups in total. The second-order valence-electron chi connectivity index (χ2n) is 5.88. The Morgan fingerprint density at radius 1 is 1.19 bits per heavy atom. The number of nitrogens with zero attached hydrogens (tertiary/aromatic N) is 3. The lowest BCUT2D eigenvalue weighted by Gasteiger charge is -2.18. The summed E-state index contributed by atoms with van der Waals surface area (Å²) < 4.78 is 0. The average molecular weight is 282 g/mol. The molecule has 4 heteroatoms. The molecule has 0 bridgehead atoms. The van der Waals surface area contributed by atoms with Gasteiger partial charge in [-0.25, -0.2) is 0 Å². The van der Waals surface area contributed by atoms with E-state index in [1.807, 2.05) is 6.07 Å². The first-order valence-electron chi connectivity index (χ1n) is 7.53. The molecule has 0 radical (unpaired) electrons. The molecule has 0 atom stereocenters. The Balaban J connectivity index is 1.59. The zero-order valence-corrected chi connectivity index (χ0v) is 12.7. The van der Waals surface area contributed by atoms with Gasteiger partial charge in [-0.15, -0.1) is 5.10 Å². The average Bonchev–Trinajstić information content (AvgIpc) is 3.30. The van der Waals surface area contributed by atoms with Crippen molar-refractivity contribution in [3.8, 4) is 0 Å². The highest BCUT2D eigenvalue weighted by Crippen LogP contribution is 2.19. The maximum atomic E-state index is 4.33. The van der Waals surface area contributed by atoms with Gasteiger partial charge in [0.2, 0.25) is 0 Å². The maximum Gasteiger partial charge on any atom is 0.151 e. The van der Waals surface area contributed by atoms with Gasteiger partial charge in [-0.05, 0) is 37.5 Å². The summed E-state index contributed by atoms with van der Waals surface area (Å²) in [5, 5.41) is 12.1. The molecule has 1 aliphatic carbocycles. The van der Waals surface area contributed by atoms with Crippen LogP contribution < -0.4 is 10.2 Å². The SMILES string of the molecule is Cc1cccc(CN(C)c2ccc(CNC3CC3)nn2)c1. The summed E-state index contributed by atoms with van der Waals surface area (Å²) in [4.78, 5) is 2.12. The van der Waals surface area contributed by atoms with Gasteiger partial charge in [0.25, 0.3) is 0 Å². The predicted octanol–water partition coefficient (Wildman–Crippen LogP) is 2.67. The van der Waals surface area contributed by atoms with Gasteiger partial charge < -0.3 is 10.2 Å². The van der Waals surface area contributed by atoms with Crippen LogP contribution in [0.3, 0.4) is 0 Å². The zero-order chi connectivity index (χ0) is 14.7. The van der Waals surface area contributed by atoms with E-state index in [-0.39, 0.29) is 0 Å². The van der Waals surface area contributed by atoms with Crippen LogP contribution in [0.25, 0.3) is 0 Å². The van der Waals surface area contributed by atoms with Gasteiger partial charge in [0, 0.05) is 26.2 Å². The van der Waals surface area contributed by atoms with Crippen LogP contribution in [0, 0.1) is 6.92 Å². The maximum absolute atomic E-state index is 4.33. The van der Waals surface area contributed by atoms with E-state index in [9.17, 15) is 0 Å². The molecule has 1 heterocycles. The molecule has 0 spiro atoms. The number of benzene rings is 1. The normalized spacial score (nSPS) is 14.2. The van der Waals surface area contributed by atoms with Crippen molar-refractivity contribution in [1.29, 1.82) is 0 Å². The summed E-state index contributed by atoms with van der Waals surface area (Å²) in [6.45, 7) is 3.78. The number of nitrogens with one attached hydrogen (secondary N) is 1. The van der Waals surface area contributed by atoms with Gasteiger partial charge in [-0.2, -0.15) is 5.10 Å². The molecular weight excluding hydrogens is 260 g/mol.